The summed E-state index contributed by atoms with van der Waals surface area (Å²) in [5, 5.41) is 17.8. The molecule has 0 radical (unpaired) electrons. The lowest BCUT2D eigenvalue weighted by molar-refractivity contribution is -0.139. The number of hydrogen-bond donors (Lipinski definition) is 2. The Balaban J connectivity index is 2.71. The lowest BCUT2D eigenvalue weighted by Crippen LogP contribution is -2.05. The van der Waals surface area contributed by atoms with Gasteiger partial charge in [-0.25, -0.2) is 4.98 Å². The highest BCUT2D eigenvalue weighted by atomic mass is 16.5. The summed E-state index contributed by atoms with van der Waals surface area (Å²) in [6, 6.07) is 3.15. The van der Waals surface area contributed by atoms with E-state index in [2.05, 4.69) is 4.98 Å². The maximum Gasteiger partial charge on any atom is 0.306 e. The molecule has 0 amide bonds. The summed E-state index contributed by atoms with van der Waals surface area (Å²) in [5.41, 5.74) is 0.466. The molecule has 2 N–H and O–H groups in total. The van der Waals surface area contributed by atoms with Gasteiger partial charge in [0.05, 0.1) is 19.6 Å². The monoisotopic (exact) mass is 197 g/mol. The minimum absolute atomic E-state index is 0.325. The quantitative estimate of drug-likeness (QED) is 0.738. The Morgan fingerprint density at radius 2 is 2.36 bits per heavy atom. The number of hydrogen-bond acceptors (Lipinski definition) is 4. The number of aliphatic carboxylic acids is 1. The summed E-state index contributed by atoms with van der Waals surface area (Å²) >= 11 is 0. The summed E-state index contributed by atoms with van der Waals surface area (Å²) in [5.74, 6) is -0.621. The summed E-state index contributed by atoms with van der Waals surface area (Å²) < 4.78 is 4.82. The van der Waals surface area contributed by atoms with Gasteiger partial charge in [0.2, 0.25) is 5.88 Å². The SMILES string of the molecule is COc1ccc([C@H](O)CC(=O)O)cn1. The van der Waals surface area contributed by atoms with Crippen molar-refractivity contribution in [3.8, 4) is 5.88 Å². The second kappa shape index (κ2) is 4.57. The Morgan fingerprint density at radius 3 is 2.79 bits per heavy atom. The predicted molar refractivity (Wildman–Crippen MR) is 48.0 cm³/mol. The number of rotatable bonds is 4. The van der Waals surface area contributed by atoms with E-state index >= 15 is 0 Å². The second-order valence-electron chi connectivity index (χ2n) is 2.75. The Labute approximate surface area is 81.0 Å². The Morgan fingerprint density at radius 1 is 1.64 bits per heavy atom. The van der Waals surface area contributed by atoms with E-state index in [9.17, 15) is 9.90 Å². The summed E-state index contributed by atoms with van der Waals surface area (Å²) in [7, 11) is 1.48. The van der Waals surface area contributed by atoms with Crippen molar-refractivity contribution in [2.45, 2.75) is 12.5 Å². The molecule has 76 valence electrons. The first-order chi connectivity index (χ1) is 6.63. The normalized spacial score (nSPS) is 12.1. The van der Waals surface area contributed by atoms with Gasteiger partial charge in [0.1, 0.15) is 0 Å². The minimum atomic E-state index is -1.05. The van der Waals surface area contributed by atoms with Crippen molar-refractivity contribution in [3.63, 3.8) is 0 Å². The van der Waals surface area contributed by atoms with Crippen LogP contribution in [0.4, 0.5) is 0 Å². The van der Waals surface area contributed by atoms with Gasteiger partial charge in [0, 0.05) is 12.3 Å². The molecule has 0 bridgehead atoms. The maximum atomic E-state index is 10.3. The molecule has 0 saturated heterocycles. The number of nitrogens with zero attached hydrogens (tertiary/aromatic N) is 1. The van der Waals surface area contributed by atoms with E-state index < -0.39 is 12.1 Å². The van der Waals surface area contributed by atoms with Crippen LogP contribution < -0.4 is 4.74 Å². The van der Waals surface area contributed by atoms with E-state index in [1.807, 2.05) is 0 Å². The summed E-state index contributed by atoms with van der Waals surface area (Å²) in [6.07, 6.45) is 0.0476. The third-order valence-electron chi connectivity index (χ3n) is 1.72. The second-order valence-corrected chi connectivity index (χ2v) is 2.75. The van der Waals surface area contributed by atoms with Crippen LogP contribution in [0.15, 0.2) is 18.3 Å². The first-order valence-corrected chi connectivity index (χ1v) is 4.03. The van der Waals surface area contributed by atoms with Crippen molar-refractivity contribution in [3.05, 3.63) is 23.9 Å². The van der Waals surface area contributed by atoms with Crippen LogP contribution in [0.3, 0.4) is 0 Å². The van der Waals surface area contributed by atoms with Gasteiger partial charge in [0.15, 0.2) is 0 Å². The van der Waals surface area contributed by atoms with Gasteiger partial charge < -0.3 is 14.9 Å². The van der Waals surface area contributed by atoms with E-state index in [4.69, 9.17) is 9.84 Å². The van der Waals surface area contributed by atoms with Gasteiger partial charge in [-0.1, -0.05) is 0 Å². The number of ether oxygens (including phenoxy) is 1. The number of carboxylic acid groups (broad SMARTS) is 1. The zero-order valence-corrected chi connectivity index (χ0v) is 7.67. The smallest absolute Gasteiger partial charge is 0.306 e. The molecule has 1 atom stereocenters. The lowest BCUT2D eigenvalue weighted by Gasteiger charge is -2.07. The molecule has 0 unspecified atom stereocenters. The Bertz CT molecular complexity index is 309. The Hall–Kier alpha value is -1.62. The van der Waals surface area contributed by atoms with E-state index in [-0.39, 0.29) is 6.42 Å². The van der Waals surface area contributed by atoms with Crippen LogP contribution in [0.25, 0.3) is 0 Å². The lowest BCUT2D eigenvalue weighted by atomic mass is 10.1. The number of aliphatic hydroxyl groups excluding tert-OH is 1. The number of aliphatic hydroxyl groups is 1. The molecular weight excluding hydrogens is 186 g/mol. The van der Waals surface area contributed by atoms with Crippen molar-refractivity contribution in [2.75, 3.05) is 7.11 Å². The molecule has 5 heteroatoms. The molecule has 0 aromatic carbocycles. The molecule has 1 aromatic heterocycles. The highest BCUT2D eigenvalue weighted by Crippen LogP contribution is 2.17. The van der Waals surface area contributed by atoms with E-state index in [1.165, 1.54) is 13.3 Å². The first-order valence-electron chi connectivity index (χ1n) is 4.03. The van der Waals surface area contributed by atoms with E-state index in [1.54, 1.807) is 12.1 Å². The van der Waals surface area contributed by atoms with Crippen molar-refractivity contribution in [1.29, 1.82) is 0 Å². The summed E-state index contributed by atoms with van der Waals surface area (Å²) in [6.45, 7) is 0. The molecule has 0 aliphatic heterocycles. The molecule has 14 heavy (non-hydrogen) atoms. The molecule has 0 fully saturated rings. The minimum Gasteiger partial charge on any atom is -0.481 e. The molecule has 1 aromatic rings. The van der Waals surface area contributed by atoms with E-state index in [0.717, 1.165) is 0 Å². The van der Waals surface area contributed by atoms with Crippen LogP contribution in [0, 0.1) is 0 Å². The highest BCUT2D eigenvalue weighted by Gasteiger charge is 2.12. The first kappa shape index (κ1) is 10.5. The fourth-order valence-electron chi connectivity index (χ4n) is 0.993. The van der Waals surface area contributed by atoms with Crippen LogP contribution in [0.1, 0.15) is 18.1 Å². The fraction of sp³-hybridized carbons (Fsp3) is 0.333. The molecular formula is C9H11NO4. The maximum absolute atomic E-state index is 10.3. The number of carbonyl (C=O) groups is 1. The predicted octanol–water partition coefficient (Wildman–Crippen LogP) is 0.598. The van der Waals surface area contributed by atoms with Crippen LogP contribution in [-0.4, -0.2) is 28.3 Å². The molecule has 5 nitrogen and oxygen atoms in total. The number of pyridine rings is 1. The number of methoxy groups -OCH3 is 1. The molecule has 0 saturated carbocycles. The average molecular weight is 197 g/mol. The zero-order chi connectivity index (χ0) is 10.6. The van der Waals surface area contributed by atoms with Gasteiger partial charge in [0.25, 0.3) is 0 Å². The third kappa shape index (κ3) is 2.70. The average Bonchev–Trinajstić information content (AvgIpc) is 2.17. The topological polar surface area (TPSA) is 79.7 Å². The van der Waals surface area contributed by atoms with Crippen LogP contribution in [0.2, 0.25) is 0 Å². The fourth-order valence-corrected chi connectivity index (χ4v) is 0.993. The van der Waals surface area contributed by atoms with Crippen LogP contribution in [-0.2, 0) is 4.79 Å². The number of aromatic nitrogens is 1. The largest absolute Gasteiger partial charge is 0.481 e. The number of carboxylic acids is 1. The molecule has 1 rings (SSSR count). The van der Waals surface area contributed by atoms with Crippen molar-refractivity contribution in [2.24, 2.45) is 0 Å². The zero-order valence-electron chi connectivity index (χ0n) is 7.67. The van der Waals surface area contributed by atoms with Crippen molar-refractivity contribution >= 4 is 5.97 Å². The molecule has 1 heterocycles. The van der Waals surface area contributed by atoms with Gasteiger partial charge in [-0.05, 0) is 11.6 Å². The van der Waals surface area contributed by atoms with Crippen LogP contribution >= 0.6 is 0 Å². The van der Waals surface area contributed by atoms with Gasteiger partial charge >= 0.3 is 5.97 Å². The van der Waals surface area contributed by atoms with Gasteiger partial charge in [-0.15, -0.1) is 0 Å². The van der Waals surface area contributed by atoms with Gasteiger partial charge in [-0.2, -0.15) is 0 Å². The van der Waals surface area contributed by atoms with Crippen molar-refractivity contribution < 1.29 is 19.7 Å². The van der Waals surface area contributed by atoms with Gasteiger partial charge in [-0.3, -0.25) is 4.79 Å². The summed E-state index contributed by atoms with van der Waals surface area (Å²) in [4.78, 5) is 14.2. The molecule has 0 aliphatic rings. The third-order valence-corrected chi connectivity index (χ3v) is 1.72. The highest BCUT2D eigenvalue weighted by molar-refractivity contribution is 5.67. The molecule has 0 spiro atoms. The molecule has 0 aliphatic carbocycles. The van der Waals surface area contributed by atoms with E-state index in [0.29, 0.717) is 11.4 Å². The Kier molecular flexibility index (Phi) is 3.41. The standard InChI is InChI=1S/C9H11NO4/c1-14-8-3-2-6(5-10-8)7(11)4-9(12)13/h2-3,5,7,11H,4H2,1H3,(H,12,13)/t7-/m1/s1. The van der Waals surface area contributed by atoms with Crippen molar-refractivity contribution in [1.82, 2.24) is 4.98 Å². The van der Waals surface area contributed by atoms with Crippen LogP contribution in [0.5, 0.6) is 5.88 Å².